The molecule has 106 valence electrons. The van der Waals surface area contributed by atoms with Gasteiger partial charge in [-0.05, 0) is 11.6 Å². The SMILES string of the molecule is Clc1nc2ccccc2c(-c2ccccc2)c1-c1ncc[nH]1. The van der Waals surface area contributed by atoms with Crippen molar-refractivity contribution in [3.05, 3.63) is 72.1 Å². The van der Waals surface area contributed by atoms with Crippen LogP contribution >= 0.6 is 11.6 Å². The smallest absolute Gasteiger partial charge is 0.141 e. The molecule has 4 heteroatoms. The molecule has 0 unspecified atom stereocenters. The maximum absolute atomic E-state index is 6.48. The highest BCUT2D eigenvalue weighted by Gasteiger charge is 2.18. The largest absolute Gasteiger partial charge is 0.345 e. The molecule has 1 N–H and O–H groups in total. The van der Waals surface area contributed by atoms with E-state index in [9.17, 15) is 0 Å². The van der Waals surface area contributed by atoms with Crippen molar-refractivity contribution in [3.63, 3.8) is 0 Å². The number of nitrogens with zero attached hydrogens (tertiary/aromatic N) is 2. The highest BCUT2D eigenvalue weighted by atomic mass is 35.5. The Bertz CT molecular complexity index is 931. The zero-order valence-corrected chi connectivity index (χ0v) is 12.4. The zero-order chi connectivity index (χ0) is 14.9. The minimum Gasteiger partial charge on any atom is -0.345 e. The van der Waals surface area contributed by atoms with Crippen molar-refractivity contribution in [1.29, 1.82) is 0 Å². The lowest BCUT2D eigenvalue weighted by molar-refractivity contribution is 1.29. The van der Waals surface area contributed by atoms with Crippen LogP contribution in [0.1, 0.15) is 0 Å². The van der Waals surface area contributed by atoms with Crippen LogP contribution < -0.4 is 0 Å². The average Bonchev–Trinajstić information content (AvgIpc) is 3.08. The van der Waals surface area contributed by atoms with E-state index in [-0.39, 0.29) is 0 Å². The normalized spacial score (nSPS) is 11.0. The Morgan fingerprint density at radius 3 is 2.41 bits per heavy atom. The summed E-state index contributed by atoms with van der Waals surface area (Å²) in [5.41, 5.74) is 3.85. The van der Waals surface area contributed by atoms with Crippen molar-refractivity contribution in [1.82, 2.24) is 15.0 Å². The van der Waals surface area contributed by atoms with Crippen LogP contribution in [-0.2, 0) is 0 Å². The van der Waals surface area contributed by atoms with Gasteiger partial charge in [0.25, 0.3) is 0 Å². The molecule has 0 amide bonds. The number of aromatic amines is 1. The van der Waals surface area contributed by atoms with Gasteiger partial charge < -0.3 is 4.98 Å². The van der Waals surface area contributed by atoms with Crippen LogP contribution in [0.4, 0.5) is 0 Å². The third-order valence-electron chi connectivity index (χ3n) is 3.65. The summed E-state index contributed by atoms with van der Waals surface area (Å²) < 4.78 is 0. The number of pyridine rings is 1. The number of nitrogens with one attached hydrogen (secondary N) is 1. The first kappa shape index (κ1) is 13.0. The molecule has 0 aliphatic heterocycles. The summed E-state index contributed by atoms with van der Waals surface area (Å²) >= 11 is 6.48. The van der Waals surface area contributed by atoms with Crippen molar-refractivity contribution in [2.45, 2.75) is 0 Å². The fourth-order valence-electron chi connectivity index (χ4n) is 2.70. The van der Waals surface area contributed by atoms with E-state index in [1.165, 1.54) is 0 Å². The average molecular weight is 306 g/mol. The van der Waals surface area contributed by atoms with Gasteiger partial charge in [0.1, 0.15) is 11.0 Å². The number of H-pyrrole nitrogens is 1. The molecule has 4 rings (SSSR count). The molecular weight excluding hydrogens is 294 g/mol. The molecule has 0 bridgehead atoms. The number of para-hydroxylation sites is 1. The van der Waals surface area contributed by atoms with Crippen LogP contribution in [0, 0.1) is 0 Å². The molecule has 2 heterocycles. The summed E-state index contributed by atoms with van der Waals surface area (Å²) in [6.07, 6.45) is 3.51. The Kier molecular flexibility index (Phi) is 3.13. The molecular formula is C18H12ClN3. The van der Waals surface area contributed by atoms with Crippen molar-refractivity contribution < 1.29 is 0 Å². The van der Waals surface area contributed by atoms with Crippen molar-refractivity contribution in [2.75, 3.05) is 0 Å². The maximum atomic E-state index is 6.48. The molecule has 0 fully saturated rings. The number of benzene rings is 2. The van der Waals surface area contributed by atoms with Gasteiger partial charge in [0, 0.05) is 23.3 Å². The molecule has 22 heavy (non-hydrogen) atoms. The summed E-state index contributed by atoms with van der Waals surface area (Å²) in [5.74, 6) is 0.724. The van der Waals surface area contributed by atoms with Gasteiger partial charge in [-0.25, -0.2) is 9.97 Å². The molecule has 2 aromatic heterocycles. The summed E-state index contributed by atoms with van der Waals surface area (Å²) in [4.78, 5) is 12.0. The molecule has 2 aromatic carbocycles. The number of aromatic nitrogens is 3. The lowest BCUT2D eigenvalue weighted by Crippen LogP contribution is -1.94. The van der Waals surface area contributed by atoms with Gasteiger partial charge in [0.05, 0.1) is 11.1 Å². The fourth-order valence-corrected chi connectivity index (χ4v) is 2.98. The second-order valence-corrected chi connectivity index (χ2v) is 5.33. The monoisotopic (exact) mass is 305 g/mol. The first-order chi connectivity index (χ1) is 10.8. The van der Waals surface area contributed by atoms with Crippen LogP contribution in [0.5, 0.6) is 0 Å². The molecule has 4 aromatic rings. The summed E-state index contributed by atoms with van der Waals surface area (Å²) in [6.45, 7) is 0. The van der Waals surface area contributed by atoms with Crippen LogP contribution in [0.3, 0.4) is 0 Å². The molecule has 0 saturated heterocycles. The van der Waals surface area contributed by atoms with Crippen LogP contribution in [0.15, 0.2) is 67.0 Å². The predicted octanol–water partition coefficient (Wildman–Crippen LogP) is 4.95. The van der Waals surface area contributed by atoms with Crippen LogP contribution in [0.2, 0.25) is 5.15 Å². The molecule has 0 spiro atoms. The van der Waals surface area contributed by atoms with E-state index in [1.807, 2.05) is 36.4 Å². The van der Waals surface area contributed by atoms with Crippen molar-refractivity contribution in [3.8, 4) is 22.5 Å². The second kappa shape index (κ2) is 5.28. The van der Waals surface area contributed by atoms with Crippen LogP contribution in [0.25, 0.3) is 33.4 Å². The van der Waals surface area contributed by atoms with Gasteiger partial charge in [-0.1, -0.05) is 60.1 Å². The topological polar surface area (TPSA) is 41.6 Å². The first-order valence-electron chi connectivity index (χ1n) is 6.98. The highest BCUT2D eigenvalue weighted by Crippen LogP contribution is 2.39. The van der Waals surface area contributed by atoms with Gasteiger partial charge in [0.15, 0.2) is 0 Å². The van der Waals surface area contributed by atoms with E-state index < -0.39 is 0 Å². The summed E-state index contributed by atoms with van der Waals surface area (Å²) in [7, 11) is 0. The number of halogens is 1. The molecule has 0 aliphatic rings. The van der Waals surface area contributed by atoms with E-state index in [0.717, 1.165) is 33.4 Å². The van der Waals surface area contributed by atoms with Gasteiger partial charge in [-0.2, -0.15) is 0 Å². The predicted molar refractivity (Wildman–Crippen MR) is 89.8 cm³/mol. The van der Waals surface area contributed by atoms with Gasteiger partial charge in [-0.15, -0.1) is 0 Å². The van der Waals surface area contributed by atoms with Gasteiger partial charge in [-0.3, -0.25) is 0 Å². The molecule has 0 atom stereocenters. The minimum atomic E-state index is 0.451. The van der Waals surface area contributed by atoms with Gasteiger partial charge in [0.2, 0.25) is 0 Å². The third kappa shape index (κ3) is 2.07. The van der Waals surface area contributed by atoms with E-state index >= 15 is 0 Å². The zero-order valence-electron chi connectivity index (χ0n) is 11.6. The minimum absolute atomic E-state index is 0.451. The number of hydrogen-bond acceptors (Lipinski definition) is 2. The Balaban J connectivity index is 2.16. The summed E-state index contributed by atoms with van der Waals surface area (Å²) in [5, 5.41) is 1.51. The number of imidazole rings is 1. The Morgan fingerprint density at radius 1 is 0.864 bits per heavy atom. The summed E-state index contributed by atoms with van der Waals surface area (Å²) in [6, 6.07) is 18.2. The van der Waals surface area contributed by atoms with Crippen molar-refractivity contribution >= 4 is 22.5 Å². The first-order valence-corrected chi connectivity index (χ1v) is 7.36. The Labute approximate surface area is 132 Å². The second-order valence-electron chi connectivity index (χ2n) is 4.97. The maximum Gasteiger partial charge on any atom is 0.141 e. The Hall–Kier alpha value is -2.65. The van der Waals surface area contributed by atoms with E-state index in [2.05, 4.69) is 33.2 Å². The molecule has 0 saturated carbocycles. The molecule has 0 aliphatic carbocycles. The van der Waals surface area contributed by atoms with Crippen molar-refractivity contribution in [2.24, 2.45) is 0 Å². The quantitative estimate of drug-likeness (QED) is 0.533. The number of fused-ring (bicyclic) bond motifs is 1. The molecule has 3 nitrogen and oxygen atoms in total. The van der Waals surface area contributed by atoms with Crippen LogP contribution in [-0.4, -0.2) is 15.0 Å². The fraction of sp³-hybridized carbons (Fsp3) is 0. The van der Waals surface area contributed by atoms with Gasteiger partial charge >= 0.3 is 0 Å². The lowest BCUT2D eigenvalue weighted by Gasteiger charge is -2.13. The van der Waals surface area contributed by atoms with E-state index in [0.29, 0.717) is 5.15 Å². The lowest BCUT2D eigenvalue weighted by atomic mass is 9.96. The molecule has 0 radical (unpaired) electrons. The standard InChI is InChI=1S/C18H12ClN3/c19-17-16(18-20-10-11-21-18)15(12-6-2-1-3-7-12)13-8-4-5-9-14(13)22-17/h1-11H,(H,20,21). The van der Waals surface area contributed by atoms with E-state index in [1.54, 1.807) is 12.4 Å². The Morgan fingerprint density at radius 2 is 1.64 bits per heavy atom. The number of hydrogen-bond donors (Lipinski definition) is 1. The number of rotatable bonds is 2. The van der Waals surface area contributed by atoms with E-state index in [4.69, 9.17) is 11.6 Å². The third-order valence-corrected chi connectivity index (χ3v) is 3.92. The highest BCUT2D eigenvalue weighted by molar-refractivity contribution is 6.33.